The summed E-state index contributed by atoms with van der Waals surface area (Å²) < 4.78 is 0. The monoisotopic (exact) mass is 156 g/mol. The normalized spacial score (nSPS) is 26.2. The van der Waals surface area contributed by atoms with E-state index >= 15 is 0 Å². The van der Waals surface area contributed by atoms with Crippen molar-refractivity contribution in [1.82, 2.24) is 0 Å². The van der Waals surface area contributed by atoms with Crippen molar-refractivity contribution in [1.29, 1.82) is 0 Å². The van der Waals surface area contributed by atoms with Crippen LogP contribution < -0.4 is 0 Å². The van der Waals surface area contributed by atoms with Gasteiger partial charge in [-0.1, -0.05) is 27.2 Å². The summed E-state index contributed by atoms with van der Waals surface area (Å²) in [6, 6.07) is 0. The van der Waals surface area contributed by atoms with Gasteiger partial charge in [-0.3, -0.25) is 0 Å². The molecule has 0 bridgehead atoms. The van der Waals surface area contributed by atoms with Gasteiger partial charge in [-0.25, -0.2) is 0 Å². The largest absolute Gasteiger partial charge is 0.393 e. The van der Waals surface area contributed by atoms with Crippen molar-refractivity contribution >= 4 is 0 Å². The molecule has 11 heavy (non-hydrogen) atoms. The smallest absolute Gasteiger partial charge is 0.0593 e. The first-order valence-electron chi connectivity index (χ1n) is 4.84. The fourth-order valence-electron chi connectivity index (χ4n) is 1.66. The molecule has 0 aromatic carbocycles. The lowest BCUT2D eigenvalue weighted by Crippen LogP contribution is -2.26. The molecule has 66 valence electrons. The van der Waals surface area contributed by atoms with Crippen molar-refractivity contribution in [2.75, 3.05) is 0 Å². The van der Waals surface area contributed by atoms with Gasteiger partial charge in [0.05, 0.1) is 6.10 Å². The number of aliphatic hydroxyl groups excluding tert-OH is 1. The zero-order valence-corrected chi connectivity index (χ0v) is 7.88. The SMILES string of the molecule is CCC(C)C(O)C(C)C1CC1. The van der Waals surface area contributed by atoms with Crippen LogP contribution in [0.4, 0.5) is 0 Å². The molecule has 0 aromatic heterocycles. The lowest BCUT2D eigenvalue weighted by molar-refractivity contribution is 0.0539. The van der Waals surface area contributed by atoms with Gasteiger partial charge in [0.15, 0.2) is 0 Å². The molecule has 1 aliphatic carbocycles. The summed E-state index contributed by atoms with van der Waals surface area (Å²) in [7, 11) is 0. The number of hydrogen-bond acceptors (Lipinski definition) is 1. The number of hydrogen-bond donors (Lipinski definition) is 1. The Hall–Kier alpha value is -0.0400. The van der Waals surface area contributed by atoms with Crippen LogP contribution in [0.3, 0.4) is 0 Å². The summed E-state index contributed by atoms with van der Waals surface area (Å²) in [6.07, 6.45) is 3.72. The molecule has 1 N–H and O–H groups in total. The molecular weight excluding hydrogens is 136 g/mol. The Morgan fingerprint density at radius 3 is 2.27 bits per heavy atom. The van der Waals surface area contributed by atoms with E-state index in [2.05, 4.69) is 20.8 Å². The third kappa shape index (κ3) is 2.19. The second-order valence-electron chi connectivity index (χ2n) is 4.07. The summed E-state index contributed by atoms with van der Waals surface area (Å²) in [4.78, 5) is 0. The Morgan fingerprint density at radius 2 is 1.91 bits per heavy atom. The van der Waals surface area contributed by atoms with E-state index in [4.69, 9.17) is 0 Å². The van der Waals surface area contributed by atoms with E-state index in [0.717, 1.165) is 12.3 Å². The molecule has 1 fully saturated rings. The maximum atomic E-state index is 9.80. The molecule has 1 nitrogen and oxygen atoms in total. The van der Waals surface area contributed by atoms with Gasteiger partial charge < -0.3 is 5.11 Å². The molecule has 1 heteroatoms. The highest BCUT2D eigenvalue weighted by molar-refractivity contribution is 4.84. The van der Waals surface area contributed by atoms with Gasteiger partial charge in [0, 0.05) is 0 Å². The molecular formula is C10H20O. The van der Waals surface area contributed by atoms with Crippen LogP contribution in [0, 0.1) is 17.8 Å². The molecule has 0 aromatic rings. The van der Waals surface area contributed by atoms with Gasteiger partial charge >= 0.3 is 0 Å². The Bertz CT molecular complexity index is 118. The van der Waals surface area contributed by atoms with E-state index < -0.39 is 0 Å². The van der Waals surface area contributed by atoms with Crippen LogP contribution in [0.5, 0.6) is 0 Å². The van der Waals surface area contributed by atoms with Gasteiger partial charge in [0.25, 0.3) is 0 Å². The minimum Gasteiger partial charge on any atom is -0.393 e. The summed E-state index contributed by atoms with van der Waals surface area (Å²) in [5.74, 6) is 1.84. The Labute approximate surface area is 69.8 Å². The van der Waals surface area contributed by atoms with Crippen LogP contribution in [-0.2, 0) is 0 Å². The average molecular weight is 156 g/mol. The standard InChI is InChI=1S/C10H20O/c1-4-7(2)10(11)8(3)9-5-6-9/h7-11H,4-6H2,1-3H3. The van der Waals surface area contributed by atoms with Crippen LogP contribution in [0.2, 0.25) is 0 Å². The van der Waals surface area contributed by atoms with Crippen molar-refractivity contribution in [2.45, 2.75) is 46.1 Å². The van der Waals surface area contributed by atoms with Crippen LogP contribution in [0.25, 0.3) is 0 Å². The topological polar surface area (TPSA) is 20.2 Å². The molecule has 0 aliphatic heterocycles. The van der Waals surface area contributed by atoms with E-state index in [1.54, 1.807) is 0 Å². The molecule has 0 heterocycles. The van der Waals surface area contributed by atoms with E-state index in [-0.39, 0.29) is 6.10 Å². The van der Waals surface area contributed by atoms with Crippen molar-refractivity contribution in [3.8, 4) is 0 Å². The van der Waals surface area contributed by atoms with Gasteiger partial charge in [0.1, 0.15) is 0 Å². The van der Waals surface area contributed by atoms with E-state index in [1.807, 2.05) is 0 Å². The predicted octanol–water partition coefficient (Wildman–Crippen LogP) is 2.44. The minimum absolute atomic E-state index is 0.0625. The van der Waals surface area contributed by atoms with Crippen molar-refractivity contribution < 1.29 is 5.11 Å². The van der Waals surface area contributed by atoms with Gasteiger partial charge in [-0.2, -0.15) is 0 Å². The fraction of sp³-hybridized carbons (Fsp3) is 1.00. The number of aliphatic hydroxyl groups is 1. The predicted molar refractivity (Wildman–Crippen MR) is 47.3 cm³/mol. The Morgan fingerprint density at radius 1 is 1.36 bits per heavy atom. The van der Waals surface area contributed by atoms with Crippen LogP contribution in [0.15, 0.2) is 0 Å². The summed E-state index contributed by atoms with van der Waals surface area (Å²) in [5.41, 5.74) is 0. The van der Waals surface area contributed by atoms with E-state index in [0.29, 0.717) is 11.8 Å². The van der Waals surface area contributed by atoms with E-state index in [9.17, 15) is 5.11 Å². The highest BCUT2D eigenvalue weighted by Gasteiger charge is 2.33. The van der Waals surface area contributed by atoms with Gasteiger partial charge in [-0.15, -0.1) is 0 Å². The fourth-order valence-corrected chi connectivity index (χ4v) is 1.66. The van der Waals surface area contributed by atoms with Crippen LogP contribution in [0.1, 0.15) is 40.0 Å². The van der Waals surface area contributed by atoms with Crippen LogP contribution in [-0.4, -0.2) is 11.2 Å². The molecule has 0 spiro atoms. The average Bonchev–Trinajstić information content (AvgIpc) is 2.82. The van der Waals surface area contributed by atoms with Gasteiger partial charge in [0.2, 0.25) is 0 Å². The Balaban J connectivity index is 2.31. The quantitative estimate of drug-likeness (QED) is 0.663. The lowest BCUT2D eigenvalue weighted by Gasteiger charge is -2.23. The lowest BCUT2D eigenvalue weighted by atomic mass is 9.88. The summed E-state index contributed by atoms with van der Waals surface area (Å²) in [6.45, 7) is 6.48. The van der Waals surface area contributed by atoms with Crippen molar-refractivity contribution in [3.63, 3.8) is 0 Å². The molecule has 1 saturated carbocycles. The van der Waals surface area contributed by atoms with Crippen molar-refractivity contribution in [2.24, 2.45) is 17.8 Å². The minimum atomic E-state index is -0.0625. The number of rotatable bonds is 4. The summed E-state index contributed by atoms with van der Waals surface area (Å²) >= 11 is 0. The second kappa shape index (κ2) is 3.57. The molecule has 1 rings (SSSR count). The molecule has 3 unspecified atom stereocenters. The third-order valence-electron chi connectivity index (χ3n) is 3.13. The Kier molecular flexibility index (Phi) is 2.94. The van der Waals surface area contributed by atoms with Gasteiger partial charge in [-0.05, 0) is 30.6 Å². The van der Waals surface area contributed by atoms with E-state index in [1.165, 1.54) is 12.8 Å². The molecule has 0 saturated heterocycles. The maximum absolute atomic E-state index is 9.80. The zero-order valence-electron chi connectivity index (χ0n) is 7.88. The van der Waals surface area contributed by atoms with Crippen LogP contribution >= 0.6 is 0 Å². The highest BCUT2D eigenvalue weighted by Crippen LogP contribution is 2.39. The first kappa shape index (κ1) is 9.05. The second-order valence-corrected chi connectivity index (χ2v) is 4.07. The third-order valence-corrected chi connectivity index (χ3v) is 3.13. The maximum Gasteiger partial charge on any atom is 0.0593 e. The van der Waals surface area contributed by atoms with Crippen molar-refractivity contribution in [3.05, 3.63) is 0 Å². The molecule has 0 amide bonds. The molecule has 3 atom stereocenters. The first-order chi connectivity index (χ1) is 5.16. The zero-order chi connectivity index (χ0) is 8.43. The highest BCUT2D eigenvalue weighted by atomic mass is 16.3. The first-order valence-corrected chi connectivity index (χ1v) is 4.84. The molecule has 1 aliphatic rings. The molecule has 0 radical (unpaired) electrons. The summed E-state index contributed by atoms with van der Waals surface area (Å²) in [5, 5.41) is 9.80.